The van der Waals surface area contributed by atoms with Crippen LogP contribution < -0.4 is 14.9 Å². The maximum Gasteiger partial charge on any atom is 0.416 e. The molecule has 0 aliphatic carbocycles. The summed E-state index contributed by atoms with van der Waals surface area (Å²) in [5.41, 5.74) is -2.25. The molecule has 198 valence electrons. The molecule has 0 radical (unpaired) electrons. The van der Waals surface area contributed by atoms with Gasteiger partial charge in [-0.05, 0) is 66.7 Å². The van der Waals surface area contributed by atoms with Gasteiger partial charge in [-0.1, -0.05) is 17.7 Å². The third-order valence-corrected chi connectivity index (χ3v) is 7.03. The molecule has 37 heavy (non-hydrogen) atoms. The van der Waals surface area contributed by atoms with Crippen LogP contribution >= 0.6 is 11.6 Å². The Labute approximate surface area is 212 Å². The minimum absolute atomic E-state index is 0.0361. The minimum Gasteiger partial charge on any atom is -0.336 e. The summed E-state index contributed by atoms with van der Waals surface area (Å²) in [6.07, 6.45) is -9.28. The Morgan fingerprint density at radius 1 is 0.838 bits per heavy atom. The predicted octanol–water partition coefficient (Wildman–Crippen LogP) is 6.39. The third-order valence-electron chi connectivity index (χ3n) is 4.93. The van der Waals surface area contributed by atoms with Crippen molar-refractivity contribution in [2.75, 3.05) is 22.7 Å². The number of hydrogen-bond donors (Lipinski definition) is 2. The number of amides is 2. The van der Waals surface area contributed by atoms with Crippen LogP contribution in [0, 0.1) is 0 Å². The first-order valence-electron chi connectivity index (χ1n) is 10.4. The second-order valence-electron chi connectivity index (χ2n) is 7.54. The number of sulfonamides is 1. The molecule has 3 aromatic carbocycles. The van der Waals surface area contributed by atoms with Gasteiger partial charge in [0.15, 0.2) is 0 Å². The summed E-state index contributed by atoms with van der Waals surface area (Å²) in [5, 5.41) is 4.86. The number of rotatable bonds is 7. The van der Waals surface area contributed by atoms with Gasteiger partial charge in [-0.25, -0.2) is 13.2 Å². The summed E-state index contributed by atoms with van der Waals surface area (Å²) >= 11 is 5.80. The standard InChI is InChI=1S/C23H18ClF6N3O3S/c24-17-6-10-20(11-7-17)37(35,36)33(19-3-1-2-16(14-19)23(28,29)30)13-12-31-21(34)32-18-8-4-15(5-9-18)22(25,26)27/h1-11,14H,12-13H2,(H2,31,32,34). The number of alkyl halides is 6. The fourth-order valence-electron chi connectivity index (χ4n) is 3.15. The molecule has 0 spiro atoms. The smallest absolute Gasteiger partial charge is 0.336 e. The van der Waals surface area contributed by atoms with Crippen molar-refractivity contribution in [3.63, 3.8) is 0 Å². The number of urea groups is 1. The van der Waals surface area contributed by atoms with Crippen LogP contribution in [0.3, 0.4) is 0 Å². The van der Waals surface area contributed by atoms with E-state index in [1.807, 2.05) is 0 Å². The molecule has 0 saturated carbocycles. The van der Waals surface area contributed by atoms with E-state index in [2.05, 4.69) is 10.6 Å². The highest BCUT2D eigenvalue weighted by molar-refractivity contribution is 7.92. The van der Waals surface area contributed by atoms with E-state index < -0.39 is 46.1 Å². The Balaban J connectivity index is 1.78. The normalized spacial score (nSPS) is 12.2. The van der Waals surface area contributed by atoms with Gasteiger partial charge in [-0.3, -0.25) is 4.31 Å². The highest BCUT2D eigenvalue weighted by Crippen LogP contribution is 2.33. The summed E-state index contributed by atoms with van der Waals surface area (Å²) in [7, 11) is -4.38. The Kier molecular flexibility index (Phi) is 8.28. The van der Waals surface area contributed by atoms with Gasteiger partial charge in [0.1, 0.15) is 0 Å². The van der Waals surface area contributed by atoms with Gasteiger partial charge < -0.3 is 10.6 Å². The summed E-state index contributed by atoms with van der Waals surface area (Å²) in [5.74, 6) is 0. The first-order valence-corrected chi connectivity index (χ1v) is 12.2. The Morgan fingerprint density at radius 2 is 1.43 bits per heavy atom. The van der Waals surface area contributed by atoms with E-state index in [1.54, 1.807) is 0 Å². The summed E-state index contributed by atoms with van der Waals surface area (Å²) in [4.78, 5) is 11.9. The highest BCUT2D eigenvalue weighted by Gasteiger charge is 2.33. The van der Waals surface area contributed by atoms with Crippen molar-refractivity contribution in [1.29, 1.82) is 0 Å². The lowest BCUT2D eigenvalue weighted by atomic mass is 10.2. The van der Waals surface area contributed by atoms with Gasteiger partial charge in [-0.15, -0.1) is 0 Å². The lowest BCUT2D eigenvalue weighted by Crippen LogP contribution is -2.40. The van der Waals surface area contributed by atoms with Crippen LogP contribution in [0.25, 0.3) is 0 Å². The first-order chi connectivity index (χ1) is 17.2. The molecule has 0 heterocycles. The van der Waals surface area contributed by atoms with Crippen LogP contribution in [-0.2, 0) is 22.4 Å². The molecule has 0 atom stereocenters. The highest BCUT2D eigenvalue weighted by atomic mass is 35.5. The number of anilines is 2. The van der Waals surface area contributed by atoms with Gasteiger partial charge in [0.05, 0.1) is 28.3 Å². The van der Waals surface area contributed by atoms with Gasteiger partial charge >= 0.3 is 18.4 Å². The molecule has 2 amide bonds. The maximum atomic E-state index is 13.3. The number of carbonyl (C=O) groups excluding carboxylic acids is 1. The van der Waals surface area contributed by atoms with E-state index in [1.165, 1.54) is 30.3 Å². The zero-order chi connectivity index (χ0) is 27.4. The molecule has 14 heteroatoms. The van der Waals surface area contributed by atoms with E-state index >= 15 is 0 Å². The fourth-order valence-corrected chi connectivity index (χ4v) is 4.73. The molecule has 0 fully saturated rings. The number of carbonyl (C=O) groups is 1. The molecule has 6 nitrogen and oxygen atoms in total. The van der Waals surface area contributed by atoms with Gasteiger partial charge in [0, 0.05) is 17.3 Å². The number of benzene rings is 3. The zero-order valence-electron chi connectivity index (χ0n) is 18.6. The van der Waals surface area contributed by atoms with Crippen LogP contribution in [0.4, 0.5) is 42.5 Å². The van der Waals surface area contributed by atoms with E-state index in [0.29, 0.717) is 10.4 Å². The SMILES string of the molecule is O=C(NCCN(c1cccc(C(F)(F)F)c1)S(=O)(=O)c1ccc(Cl)cc1)Nc1ccc(C(F)(F)F)cc1. The van der Waals surface area contributed by atoms with E-state index in [9.17, 15) is 39.6 Å². The summed E-state index contributed by atoms with van der Waals surface area (Å²) < 4.78 is 105. The second-order valence-corrected chi connectivity index (χ2v) is 9.83. The van der Waals surface area contributed by atoms with Crippen LogP contribution in [0.15, 0.2) is 77.7 Å². The van der Waals surface area contributed by atoms with Gasteiger partial charge in [-0.2, -0.15) is 26.3 Å². The second kappa shape index (κ2) is 10.9. The molecule has 0 aliphatic heterocycles. The van der Waals surface area contributed by atoms with Gasteiger partial charge in [0.25, 0.3) is 10.0 Å². The van der Waals surface area contributed by atoms with Crippen LogP contribution in [0.1, 0.15) is 11.1 Å². The van der Waals surface area contributed by atoms with Gasteiger partial charge in [0.2, 0.25) is 0 Å². The van der Waals surface area contributed by atoms with Crippen molar-refractivity contribution < 1.29 is 39.6 Å². The minimum atomic E-state index is -4.73. The largest absolute Gasteiger partial charge is 0.416 e. The first kappa shape index (κ1) is 28.1. The Bertz CT molecular complexity index is 1350. The topological polar surface area (TPSA) is 78.5 Å². The molecule has 3 rings (SSSR count). The Hall–Kier alpha value is -3.45. The number of nitrogens with zero attached hydrogens (tertiary/aromatic N) is 1. The molecule has 0 unspecified atom stereocenters. The van der Waals surface area contributed by atoms with Crippen LogP contribution in [0.5, 0.6) is 0 Å². The molecular weight excluding hydrogens is 548 g/mol. The van der Waals surface area contributed by atoms with E-state index in [0.717, 1.165) is 36.4 Å². The monoisotopic (exact) mass is 565 g/mol. The van der Waals surface area contributed by atoms with Crippen LogP contribution in [0.2, 0.25) is 5.02 Å². The van der Waals surface area contributed by atoms with Crippen molar-refractivity contribution in [1.82, 2.24) is 5.32 Å². The average molecular weight is 566 g/mol. The molecule has 0 aromatic heterocycles. The Morgan fingerprint density at radius 3 is 2.00 bits per heavy atom. The molecular formula is C23H18ClF6N3O3S. The number of halogens is 7. The summed E-state index contributed by atoms with van der Waals surface area (Å²) in [6, 6.07) is 11.4. The number of nitrogens with one attached hydrogen (secondary N) is 2. The quantitative estimate of drug-likeness (QED) is 0.326. The van der Waals surface area contributed by atoms with Crippen molar-refractivity contribution in [3.05, 3.63) is 88.9 Å². The third kappa shape index (κ3) is 7.29. The number of hydrogen-bond acceptors (Lipinski definition) is 3. The lowest BCUT2D eigenvalue weighted by Gasteiger charge is -2.25. The van der Waals surface area contributed by atoms with Crippen molar-refractivity contribution in [2.45, 2.75) is 17.2 Å². The van der Waals surface area contributed by atoms with Crippen molar-refractivity contribution in [3.8, 4) is 0 Å². The molecule has 0 bridgehead atoms. The molecule has 0 saturated heterocycles. The van der Waals surface area contributed by atoms with Crippen LogP contribution in [-0.4, -0.2) is 27.5 Å². The van der Waals surface area contributed by atoms with E-state index in [-0.39, 0.29) is 27.8 Å². The zero-order valence-corrected chi connectivity index (χ0v) is 20.1. The molecule has 2 N–H and O–H groups in total. The molecule has 0 aliphatic rings. The molecule has 3 aromatic rings. The fraction of sp³-hybridized carbons (Fsp3) is 0.174. The van der Waals surface area contributed by atoms with Crippen molar-refractivity contribution in [2.24, 2.45) is 0 Å². The lowest BCUT2D eigenvalue weighted by molar-refractivity contribution is -0.138. The summed E-state index contributed by atoms with van der Waals surface area (Å²) in [6.45, 7) is -0.817. The average Bonchev–Trinajstić information content (AvgIpc) is 2.81. The van der Waals surface area contributed by atoms with Crippen molar-refractivity contribution >= 4 is 39.0 Å². The van der Waals surface area contributed by atoms with E-state index in [4.69, 9.17) is 11.6 Å². The maximum absolute atomic E-state index is 13.3. The predicted molar refractivity (Wildman–Crippen MR) is 126 cm³/mol.